The molecule has 0 aliphatic carbocycles. The number of anilines is 1. The van der Waals surface area contributed by atoms with Crippen molar-refractivity contribution < 1.29 is 9.53 Å². The summed E-state index contributed by atoms with van der Waals surface area (Å²) in [5.74, 6) is 0.950. The molecule has 4 nitrogen and oxygen atoms in total. The lowest BCUT2D eigenvalue weighted by molar-refractivity contribution is -0.105. The Labute approximate surface area is 121 Å². The zero-order valence-corrected chi connectivity index (χ0v) is 12.4. The molecular formula is C16H24N2O2. The third-order valence-corrected chi connectivity index (χ3v) is 3.71. The van der Waals surface area contributed by atoms with Crippen LogP contribution in [0.5, 0.6) is 5.75 Å². The van der Waals surface area contributed by atoms with E-state index >= 15 is 0 Å². The lowest BCUT2D eigenvalue weighted by Crippen LogP contribution is -2.44. The second-order valence-electron chi connectivity index (χ2n) is 5.29. The van der Waals surface area contributed by atoms with Crippen LogP contribution in [0.1, 0.15) is 32.3 Å². The molecule has 1 aromatic carbocycles. The zero-order chi connectivity index (χ0) is 14.4. The first-order valence-electron chi connectivity index (χ1n) is 7.48. The summed E-state index contributed by atoms with van der Waals surface area (Å²) in [4.78, 5) is 13.1. The Balaban J connectivity index is 2.11. The molecule has 1 aliphatic rings. The van der Waals surface area contributed by atoms with Gasteiger partial charge in [-0.15, -0.1) is 0 Å². The van der Waals surface area contributed by atoms with Crippen LogP contribution >= 0.6 is 0 Å². The number of ether oxygens (including phenoxy) is 1. The zero-order valence-electron chi connectivity index (χ0n) is 12.4. The minimum absolute atomic E-state index is 0.439. The van der Waals surface area contributed by atoms with Crippen molar-refractivity contribution in [3.63, 3.8) is 0 Å². The van der Waals surface area contributed by atoms with E-state index in [1.165, 1.54) is 5.56 Å². The number of carbonyl (C=O) groups excluding carboxylic acids is 1. The van der Waals surface area contributed by atoms with E-state index in [9.17, 15) is 4.79 Å². The number of hydrogen-bond acceptors (Lipinski definition) is 3. The summed E-state index contributed by atoms with van der Waals surface area (Å²) >= 11 is 0. The molecule has 0 aromatic heterocycles. The summed E-state index contributed by atoms with van der Waals surface area (Å²) in [5, 5.41) is 2.70. The van der Waals surface area contributed by atoms with Crippen molar-refractivity contribution in [2.24, 2.45) is 0 Å². The molecule has 0 radical (unpaired) electrons. The Morgan fingerprint density at radius 1 is 1.35 bits per heavy atom. The fourth-order valence-electron chi connectivity index (χ4n) is 2.82. The molecule has 1 heterocycles. The van der Waals surface area contributed by atoms with Crippen LogP contribution in [0.4, 0.5) is 5.69 Å². The molecule has 1 aromatic rings. The molecular weight excluding hydrogens is 252 g/mol. The largest absolute Gasteiger partial charge is 0.492 e. The standard InChI is InChI=1S/C16H24N2O2/c1-3-7-18(8-4-2)15-10-13-9-14(17-12-19)5-6-16(13)20-11-15/h5-6,9,12,15H,3-4,7-8,10-11H2,1-2H3,(H,17,19). The van der Waals surface area contributed by atoms with E-state index in [4.69, 9.17) is 4.74 Å². The van der Waals surface area contributed by atoms with Crippen molar-refractivity contribution in [1.29, 1.82) is 0 Å². The van der Waals surface area contributed by atoms with Crippen LogP contribution in [0.2, 0.25) is 0 Å². The van der Waals surface area contributed by atoms with Gasteiger partial charge in [0.1, 0.15) is 12.4 Å². The van der Waals surface area contributed by atoms with E-state index in [0.717, 1.165) is 50.4 Å². The molecule has 110 valence electrons. The smallest absolute Gasteiger partial charge is 0.211 e. The molecule has 2 rings (SSSR count). The predicted molar refractivity (Wildman–Crippen MR) is 81.3 cm³/mol. The van der Waals surface area contributed by atoms with E-state index in [-0.39, 0.29) is 0 Å². The van der Waals surface area contributed by atoms with Crippen LogP contribution in [0, 0.1) is 0 Å². The molecule has 1 amide bonds. The number of rotatable bonds is 7. The Morgan fingerprint density at radius 3 is 2.75 bits per heavy atom. The molecule has 0 saturated heterocycles. The average molecular weight is 276 g/mol. The van der Waals surface area contributed by atoms with Gasteiger partial charge in [-0.25, -0.2) is 0 Å². The van der Waals surface area contributed by atoms with Gasteiger partial charge in [-0.3, -0.25) is 9.69 Å². The summed E-state index contributed by atoms with van der Waals surface area (Å²) in [6.45, 7) is 7.42. The summed E-state index contributed by atoms with van der Waals surface area (Å²) < 4.78 is 5.89. The predicted octanol–water partition coefficient (Wildman–Crippen LogP) is 2.68. The van der Waals surface area contributed by atoms with E-state index in [1.54, 1.807) is 0 Å². The third kappa shape index (κ3) is 3.51. The molecule has 20 heavy (non-hydrogen) atoms. The number of carbonyl (C=O) groups is 1. The van der Waals surface area contributed by atoms with Crippen LogP contribution < -0.4 is 10.1 Å². The first-order valence-corrected chi connectivity index (χ1v) is 7.48. The van der Waals surface area contributed by atoms with E-state index in [0.29, 0.717) is 12.5 Å². The molecule has 0 spiro atoms. The second-order valence-corrected chi connectivity index (χ2v) is 5.29. The lowest BCUT2D eigenvalue weighted by Gasteiger charge is -2.35. The van der Waals surface area contributed by atoms with Crippen molar-refractivity contribution >= 4 is 12.1 Å². The van der Waals surface area contributed by atoms with E-state index < -0.39 is 0 Å². The summed E-state index contributed by atoms with van der Waals surface area (Å²) in [5.41, 5.74) is 2.02. The maximum Gasteiger partial charge on any atom is 0.211 e. The highest BCUT2D eigenvalue weighted by Gasteiger charge is 2.24. The first kappa shape index (κ1) is 14.9. The van der Waals surface area contributed by atoms with Crippen molar-refractivity contribution in [3.8, 4) is 5.75 Å². The molecule has 1 atom stereocenters. The number of benzene rings is 1. The Bertz CT molecular complexity index is 442. The Morgan fingerprint density at radius 2 is 2.10 bits per heavy atom. The van der Waals surface area contributed by atoms with E-state index in [2.05, 4.69) is 24.1 Å². The Kier molecular flexibility index (Phi) is 5.41. The van der Waals surface area contributed by atoms with Gasteiger partial charge in [0.15, 0.2) is 0 Å². The summed E-state index contributed by atoms with van der Waals surface area (Å²) in [7, 11) is 0. The van der Waals surface area contributed by atoms with Gasteiger partial charge in [0.25, 0.3) is 0 Å². The molecule has 1 N–H and O–H groups in total. The van der Waals surface area contributed by atoms with Crippen LogP contribution in [0.3, 0.4) is 0 Å². The maximum absolute atomic E-state index is 10.5. The molecule has 1 unspecified atom stereocenters. The van der Waals surface area contributed by atoms with Gasteiger partial charge in [-0.05, 0) is 56.1 Å². The highest BCUT2D eigenvalue weighted by atomic mass is 16.5. The number of hydrogen-bond donors (Lipinski definition) is 1. The van der Waals surface area contributed by atoms with Crippen molar-refractivity contribution in [2.45, 2.75) is 39.2 Å². The van der Waals surface area contributed by atoms with Crippen molar-refractivity contribution in [2.75, 3.05) is 25.0 Å². The van der Waals surface area contributed by atoms with Crippen LogP contribution in [0.15, 0.2) is 18.2 Å². The lowest BCUT2D eigenvalue weighted by atomic mass is 10.0. The van der Waals surface area contributed by atoms with Gasteiger partial charge >= 0.3 is 0 Å². The highest BCUT2D eigenvalue weighted by Crippen LogP contribution is 2.29. The van der Waals surface area contributed by atoms with Gasteiger partial charge in [-0.2, -0.15) is 0 Å². The minimum atomic E-state index is 0.439. The van der Waals surface area contributed by atoms with Crippen LogP contribution in [-0.4, -0.2) is 37.0 Å². The third-order valence-electron chi connectivity index (χ3n) is 3.71. The molecule has 1 aliphatic heterocycles. The minimum Gasteiger partial charge on any atom is -0.492 e. The number of fused-ring (bicyclic) bond motifs is 1. The van der Waals surface area contributed by atoms with Gasteiger partial charge in [0.05, 0.1) is 0 Å². The number of nitrogens with zero attached hydrogens (tertiary/aromatic N) is 1. The van der Waals surface area contributed by atoms with E-state index in [1.807, 2.05) is 18.2 Å². The van der Waals surface area contributed by atoms with Crippen LogP contribution in [0.25, 0.3) is 0 Å². The Hall–Kier alpha value is -1.55. The summed E-state index contributed by atoms with van der Waals surface area (Å²) in [6.07, 6.45) is 4.03. The fraction of sp³-hybridized carbons (Fsp3) is 0.562. The quantitative estimate of drug-likeness (QED) is 0.779. The average Bonchev–Trinajstić information content (AvgIpc) is 2.47. The molecule has 0 fully saturated rings. The SMILES string of the molecule is CCCN(CCC)C1COc2ccc(NC=O)cc2C1. The first-order chi connectivity index (χ1) is 9.78. The summed E-state index contributed by atoms with van der Waals surface area (Å²) in [6, 6.07) is 6.28. The molecule has 0 bridgehead atoms. The van der Waals surface area contributed by atoms with Gasteiger partial charge < -0.3 is 10.1 Å². The van der Waals surface area contributed by atoms with Crippen LogP contribution in [-0.2, 0) is 11.2 Å². The second kappa shape index (κ2) is 7.29. The van der Waals surface area contributed by atoms with Gasteiger partial charge in [0.2, 0.25) is 6.41 Å². The molecule has 0 saturated carbocycles. The van der Waals surface area contributed by atoms with Gasteiger partial charge in [-0.1, -0.05) is 13.8 Å². The van der Waals surface area contributed by atoms with Crippen molar-refractivity contribution in [3.05, 3.63) is 23.8 Å². The number of amides is 1. The molecule has 4 heteroatoms. The monoisotopic (exact) mass is 276 g/mol. The van der Waals surface area contributed by atoms with Crippen molar-refractivity contribution in [1.82, 2.24) is 4.90 Å². The number of nitrogens with one attached hydrogen (secondary N) is 1. The normalized spacial score (nSPS) is 17.4. The maximum atomic E-state index is 10.5. The fourth-order valence-corrected chi connectivity index (χ4v) is 2.82. The highest BCUT2D eigenvalue weighted by molar-refractivity contribution is 5.72. The van der Waals surface area contributed by atoms with Gasteiger partial charge in [0, 0.05) is 11.7 Å². The topological polar surface area (TPSA) is 41.6 Å².